The lowest BCUT2D eigenvalue weighted by Gasteiger charge is -1.99. The SMILES string of the molecule is C/C(=N\N=C1\NC(=O)[C@H](CC(=O)O)S1)c1ccc([N+](=O)[O-])cc1. The van der Waals surface area contributed by atoms with Gasteiger partial charge in [-0.25, -0.2) is 0 Å². The quantitative estimate of drug-likeness (QED) is 0.474. The van der Waals surface area contributed by atoms with Crippen molar-refractivity contribution in [3.63, 3.8) is 0 Å². The van der Waals surface area contributed by atoms with Crippen LogP contribution >= 0.6 is 11.8 Å². The second kappa shape index (κ2) is 7.01. The van der Waals surface area contributed by atoms with Crippen LogP contribution in [0.5, 0.6) is 0 Å². The van der Waals surface area contributed by atoms with Gasteiger partial charge in [0.15, 0.2) is 5.17 Å². The van der Waals surface area contributed by atoms with E-state index in [1.807, 2.05) is 0 Å². The molecule has 1 aromatic carbocycles. The summed E-state index contributed by atoms with van der Waals surface area (Å²) in [6.07, 6.45) is -0.291. The normalized spacial score (nSPS) is 19.7. The summed E-state index contributed by atoms with van der Waals surface area (Å²) in [5.74, 6) is -1.48. The van der Waals surface area contributed by atoms with Crippen LogP contribution in [0, 0.1) is 10.1 Å². The highest BCUT2D eigenvalue weighted by molar-refractivity contribution is 8.15. The van der Waals surface area contributed by atoms with Crippen LogP contribution in [-0.4, -0.2) is 38.0 Å². The molecule has 1 saturated heterocycles. The van der Waals surface area contributed by atoms with E-state index in [0.717, 1.165) is 11.8 Å². The van der Waals surface area contributed by atoms with Crippen LogP contribution in [0.3, 0.4) is 0 Å². The van der Waals surface area contributed by atoms with E-state index < -0.39 is 22.0 Å². The molecule has 0 bridgehead atoms. The van der Waals surface area contributed by atoms with Gasteiger partial charge in [-0.2, -0.15) is 5.10 Å². The van der Waals surface area contributed by atoms with E-state index in [2.05, 4.69) is 15.5 Å². The van der Waals surface area contributed by atoms with Crippen molar-refractivity contribution in [3.8, 4) is 0 Å². The number of carbonyl (C=O) groups excluding carboxylic acids is 1. The molecular weight excluding hydrogens is 324 g/mol. The van der Waals surface area contributed by atoms with Gasteiger partial charge in [-0.1, -0.05) is 11.8 Å². The van der Waals surface area contributed by atoms with Crippen molar-refractivity contribution in [1.29, 1.82) is 0 Å². The van der Waals surface area contributed by atoms with Gasteiger partial charge in [0.1, 0.15) is 5.25 Å². The lowest BCUT2D eigenvalue weighted by Crippen LogP contribution is -2.26. The summed E-state index contributed by atoms with van der Waals surface area (Å²) >= 11 is 1.00. The van der Waals surface area contributed by atoms with E-state index >= 15 is 0 Å². The molecule has 2 N–H and O–H groups in total. The molecule has 1 aliphatic heterocycles. The molecule has 0 aliphatic carbocycles. The molecule has 0 saturated carbocycles. The van der Waals surface area contributed by atoms with Gasteiger partial charge in [0.2, 0.25) is 5.91 Å². The number of benzene rings is 1. The first-order chi connectivity index (χ1) is 10.9. The van der Waals surface area contributed by atoms with Crippen molar-refractivity contribution in [2.45, 2.75) is 18.6 Å². The summed E-state index contributed by atoms with van der Waals surface area (Å²) < 4.78 is 0. The number of hydrogen-bond donors (Lipinski definition) is 2. The Kier molecular flexibility index (Phi) is 5.06. The summed E-state index contributed by atoms with van der Waals surface area (Å²) in [5.41, 5.74) is 1.13. The highest BCUT2D eigenvalue weighted by Crippen LogP contribution is 2.22. The van der Waals surface area contributed by atoms with E-state index in [0.29, 0.717) is 11.3 Å². The predicted molar refractivity (Wildman–Crippen MR) is 84.5 cm³/mol. The van der Waals surface area contributed by atoms with E-state index in [4.69, 9.17) is 5.11 Å². The number of nitro groups is 1. The number of rotatable bonds is 5. The maximum atomic E-state index is 11.5. The average molecular weight is 336 g/mol. The standard InChI is InChI=1S/C13H12N4O5S/c1-7(8-2-4-9(5-3-8)17(21)22)15-16-13-14-12(20)10(23-13)6-11(18)19/h2-5,10H,6H2,1H3,(H,18,19)(H,14,16,20)/b15-7+/t10-/m0/s1. The molecule has 0 spiro atoms. The molecule has 10 heteroatoms. The zero-order valence-electron chi connectivity index (χ0n) is 11.9. The smallest absolute Gasteiger partial charge is 0.305 e. The number of nitrogens with one attached hydrogen (secondary N) is 1. The number of nitro benzene ring substituents is 1. The number of carbonyl (C=O) groups is 2. The lowest BCUT2D eigenvalue weighted by atomic mass is 10.1. The fraction of sp³-hybridized carbons (Fsp3) is 0.231. The molecule has 0 aromatic heterocycles. The van der Waals surface area contributed by atoms with Crippen molar-refractivity contribution in [2.24, 2.45) is 10.2 Å². The number of nitrogens with zero attached hydrogens (tertiary/aromatic N) is 3. The van der Waals surface area contributed by atoms with Crippen molar-refractivity contribution in [2.75, 3.05) is 0 Å². The van der Waals surface area contributed by atoms with Gasteiger partial charge in [-0.05, 0) is 24.6 Å². The third-order valence-corrected chi connectivity index (χ3v) is 4.00. The van der Waals surface area contributed by atoms with Gasteiger partial charge in [-0.15, -0.1) is 5.10 Å². The van der Waals surface area contributed by atoms with E-state index in [1.54, 1.807) is 19.1 Å². The Morgan fingerprint density at radius 2 is 2.09 bits per heavy atom. The monoisotopic (exact) mass is 336 g/mol. The van der Waals surface area contributed by atoms with Gasteiger partial charge < -0.3 is 10.4 Å². The lowest BCUT2D eigenvalue weighted by molar-refractivity contribution is -0.384. The summed E-state index contributed by atoms with van der Waals surface area (Å²) in [4.78, 5) is 32.3. The highest BCUT2D eigenvalue weighted by atomic mass is 32.2. The van der Waals surface area contributed by atoms with Gasteiger partial charge in [-0.3, -0.25) is 19.7 Å². The second-order valence-electron chi connectivity index (χ2n) is 4.59. The van der Waals surface area contributed by atoms with Crippen LogP contribution < -0.4 is 5.32 Å². The zero-order valence-corrected chi connectivity index (χ0v) is 12.7. The second-order valence-corrected chi connectivity index (χ2v) is 5.78. The summed E-state index contributed by atoms with van der Waals surface area (Å²) in [6.45, 7) is 1.67. The Balaban J connectivity index is 2.08. The van der Waals surface area contributed by atoms with Gasteiger partial charge in [0.25, 0.3) is 5.69 Å². The number of amides is 1. The molecule has 120 valence electrons. The largest absolute Gasteiger partial charge is 0.481 e. The van der Waals surface area contributed by atoms with E-state index in [-0.39, 0.29) is 17.3 Å². The summed E-state index contributed by atoms with van der Waals surface area (Å²) in [5, 5.41) is 29.1. The van der Waals surface area contributed by atoms with Crippen LogP contribution in [0.2, 0.25) is 0 Å². The van der Waals surface area contributed by atoms with Crippen LogP contribution in [-0.2, 0) is 9.59 Å². The number of amidine groups is 1. The number of hydrogen-bond acceptors (Lipinski definition) is 7. The minimum absolute atomic E-state index is 0.0250. The Morgan fingerprint density at radius 3 is 2.65 bits per heavy atom. The van der Waals surface area contributed by atoms with E-state index in [9.17, 15) is 19.7 Å². The first-order valence-corrected chi connectivity index (χ1v) is 7.31. The van der Waals surface area contributed by atoms with Gasteiger partial charge in [0.05, 0.1) is 17.1 Å². The van der Waals surface area contributed by atoms with Crippen molar-refractivity contribution >= 4 is 40.2 Å². The molecule has 23 heavy (non-hydrogen) atoms. The molecule has 1 heterocycles. The van der Waals surface area contributed by atoms with E-state index in [1.165, 1.54) is 12.1 Å². The van der Waals surface area contributed by atoms with Crippen molar-refractivity contribution < 1.29 is 19.6 Å². The topological polar surface area (TPSA) is 134 Å². The first kappa shape index (κ1) is 16.6. The van der Waals surface area contributed by atoms with Gasteiger partial charge >= 0.3 is 5.97 Å². The molecule has 1 aliphatic rings. The van der Waals surface area contributed by atoms with Crippen molar-refractivity contribution in [3.05, 3.63) is 39.9 Å². The third kappa shape index (κ3) is 4.36. The molecular formula is C13H12N4O5S. The minimum atomic E-state index is -1.07. The number of thioether (sulfide) groups is 1. The summed E-state index contributed by atoms with van der Waals surface area (Å²) in [7, 11) is 0. The summed E-state index contributed by atoms with van der Waals surface area (Å²) in [6, 6.07) is 5.81. The van der Waals surface area contributed by atoms with Crippen molar-refractivity contribution in [1.82, 2.24) is 5.32 Å². The zero-order chi connectivity index (χ0) is 17.0. The van der Waals surface area contributed by atoms with Crippen LogP contribution in [0.1, 0.15) is 18.9 Å². The Labute approximate surface area is 134 Å². The molecule has 0 radical (unpaired) electrons. The molecule has 1 amide bonds. The number of carboxylic acid groups (broad SMARTS) is 1. The molecule has 0 unspecified atom stereocenters. The maximum absolute atomic E-state index is 11.5. The Bertz CT molecular complexity index is 714. The molecule has 9 nitrogen and oxygen atoms in total. The maximum Gasteiger partial charge on any atom is 0.305 e. The number of carboxylic acids is 1. The predicted octanol–water partition coefficient (Wildman–Crippen LogP) is 1.38. The Hall–Kier alpha value is -2.75. The van der Waals surface area contributed by atoms with Crippen LogP contribution in [0.25, 0.3) is 0 Å². The highest BCUT2D eigenvalue weighted by Gasteiger charge is 2.32. The average Bonchev–Trinajstić information content (AvgIpc) is 2.84. The molecule has 2 rings (SSSR count). The fourth-order valence-electron chi connectivity index (χ4n) is 1.75. The molecule has 1 atom stereocenters. The number of non-ortho nitro benzene ring substituents is 1. The van der Waals surface area contributed by atoms with Crippen LogP contribution in [0.15, 0.2) is 34.5 Å². The molecule has 1 fully saturated rings. The first-order valence-electron chi connectivity index (χ1n) is 6.43. The van der Waals surface area contributed by atoms with Gasteiger partial charge in [0, 0.05) is 12.1 Å². The van der Waals surface area contributed by atoms with Crippen LogP contribution in [0.4, 0.5) is 5.69 Å². The Morgan fingerprint density at radius 1 is 1.43 bits per heavy atom. The molecule has 1 aromatic rings. The minimum Gasteiger partial charge on any atom is -0.481 e. The third-order valence-electron chi connectivity index (χ3n) is 2.92. The number of aliphatic carboxylic acids is 1. The fourth-order valence-corrected chi connectivity index (χ4v) is 2.66.